The van der Waals surface area contributed by atoms with Gasteiger partial charge in [0.25, 0.3) is 11.8 Å². The number of hydrogen-bond donors (Lipinski definition) is 5. The van der Waals surface area contributed by atoms with Crippen molar-refractivity contribution in [2.75, 3.05) is 60.8 Å². The van der Waals surface area contributed by atoms with Crippen LogP contribution < -0.4 is 55.3 Å². The first kappa shape index (κ1) is 50.8. The van der Waals surface area contributed by atoms with Crippen molar-refractivity contribution in [3.8, 4) is 23.0 Å². The van der Waals surface area contributed by atoms with Crippen LogP contribution >= 0.6 is 0 Å². The van der Waals surface area contributed by atoms with E-state index in [0.29, 0.717) is 101 Å². The van der Waals surface area contributed by atoms with Crippen LogP contribution in [0.5, 0.6) is 23.0 Å². The van der Waals surface area contributed by atoms with E-state index in [2.05, 4.69) is 26.6 Å². The lowest BCUT2D eigenvalue weighted by molar-refractivity contribution is -0.131. The molecule has 0 aromatic heterocycles. The summed E-state index contributed by atoms with van der Waals surface area (Å²) in [6.45, 7) is 0.856. The number of ketones is 1. The van der Waals surface area contributed by atoms with E-state index in [1.54, 1.807) is 54.4 Å². The Balaban J connectivity index is 0.821. The number of ether oxygens (including phenoxy) is 4. The molecule has 1 fully saturated rings. The fourth-order valence-electron chi connectivity index (χ4n) is 10.7. The van der Waals surface area contributed by atoms with E-state index in [1.165, 1.54) is 14.2 Å². The molecule has 0 unspecified atom stereocenters. The van der Waals surface area contributed by atoms with Crippen molar-refractivity contribution in [2.24, 2.45) is 16.8 Å². The molecule has 10 rings (SSSR count). The molecule has 6 amide bonds. The minimum Gasteiger partial charge on any atom is -0.493 e. The van der Waals surface area contributed by atoms with Crippen LogP contribution in [0.4, 0.5) is 28.4 Å². The summed E-state index contributed by atoms with van der Waals surface area (Å²) in [5.74, 6) is -1.23. The highest BCUT2D eigenvalue weighted by Gasteiger charge is 2.39. The van der Waals surface area contributed by atoms with Gasteiger partial charge in [-0.15, -0.1) is 0 Å². The molecule has 4 heterocycles. The smallest absolute Gasteiger partial charge is 0.261 e. The van der Waals surface area contributed by atoms with Gasteiger partial charge in [-0.2, -0.15) is 0 Å². The van der Waals surface area contributed by atoms with Gasteiger partial charge in [0, 0.05) is 60.2 Å². The number of nitrogens with zero attached hydrogens (tertiary/aromatic N) is 3. The Morgan fingerprint density at radius 2 is 1.20 bits per heavy atom. The molecule has 0 radical (unpaired) electrons. The fourth-order valence-corrected chi connectivity index (χ4v) is 10.7. The number of hydrogen-bond acceptors (Lipinski definition) is 13. The Hall–Kier alpha value is -8.74. The highest BCUT2D eigenvalue weighted by molar-refractivity contribution is 6.15. The van der Waals surface area contributed by atoms with Gasteiger partial charge in [-0.1, -0.05) is 36.4 Å². The van der Waals surface area contributed by atoms with Gasteiger partial charge in [0.2, 0.25) is 23.6 Å². The normalized spacial score (nSPS) is 18.7. The molecule has 5 aromatic rings. The van der Waals surface area contributed by atoms with Crippen molar-refractivity contribution >= 4 is 75.9 Å². The first-order chi connectivity index (χ1) is 36.8. The third kappa shape index (κ3) is 10.8. The summed E-state index contributed by atoms with van der Waals surface area (Å²) in [7, 11) is 2.99. The van der Waals surface area contributed by atoms with E-state index in [4.69, 9.17) is 23.9 Å². The van der Waals surface area contributed by atoms with Crippen molar-refractivity contribution in [2.45, 2.75) is 70.7 Å². The maximum Gasteiger partial charge on any atom is 0.261 e. The van der Waals surface area contributed by atoms with Crippen LogP contribution in [0, 0.1) is 11.8 Å². The number of aliphatic imine (C=N–C) groups is 1. The van der Waals surface area contributed by atoms with E-state index < -0.39 is 30.8 Å². The van der Waals surface area contributed by atoms with Gasteiger partial charge in [0.1, 0.15) is 19.0 Å². The standard InChI is InChI=1S/C57H58N8O11/c1-32(66)35-12-14-36(15-13-35)55(70)62-28-53(68)60-27-52(67)61-29-54(69)63-39-17-33(30-75-50-23-44-42(21-48(50)73-2)56(71)64-40(25-58-44)19-37-8-4-6-10-46(37)64)16-34(18-39)31-76-51-24-45-43(22-49(51)74-3)57(72)65-41(26-59-45)20-38-9-5-7-11-47(38)65/h4-11,16-18,21-25,35-36,40-41,59H,12-15,19-20,26-31H2,1-3H3,(H,60,68)(H,61,67)(H,62,70)(H,63,69)/t35?,36?,40-,41-/m0/s1. The summed E-state index contributed by atoms with van der Waals surface area (Å²) in [6.07, 6.45) is 5.55. The van der Waals surface area contributed by atoms with E-state index in [9.17, 15) is 33.6 Å². The largest absolute Gasteiger partial charge is 0.493 e. The summed E-state index contributed by atoms with van der Waals surface area (Å²) in [5.41, 5.74) is 7.31. The number of para-hydroxylation sites is 2. The fraction of sp³-hybridized carbons (Fsp3) is 0.333. The van der Waals surface area contributed by atoms with Crippen molar-refractivity contribution in [1.82, 2.24) is 16.0 Å². The lowest BCUT2D eigenvalue weighted by Crippen LogP contribution is -2.44. The number of Topliss-reactive ketones (excluding diaryl/α,β-unsaturated/α-hetero) is 1. The molecule has 0 bridgehead atoms. The molecule has 1 aliphatic carbocycles. The monoisotopic (exact) mass is 1030 g/mol. The van der Waals surface area contributed by atoms with Crippen LogP contribution in [-0.4, -0.2) is 99.9 Å². The first-order valence-corrected chi connectivity index (χ1v) is 25.4. The van der Waals surface area contributed by atoms with Gasteiger partial charge in [-0.3, -0.25) is 43.5 Å². The molecule has 0 spiro atoms. The Kier molecular flexibility index (Phi) is 14.7. The summed E-state index contributed by atoms with van der Waals surface area (Å²) >= 11 is 0. The Bertz CT molecular complexity index is 3190. The second-order valence-electron chi connectivity index (χ2n) is 19.6. The van der Waals surface area contributed by atoms with Crippen LogP contribution in [0.3, 0.4) is 0 Å². The minimum absolute atomic E-state index is 0.0143. The molecule has 5 aromatic carbocycles. The molecule has 19 heteroatoms. The maximum absolute atomic E-state index is 14.1. The zero-order valence-electron chi connectivity index (χ0n) is 42.4. The van der Waals surface area contributed by atoms with E-state index >= 15 is 0 Å². The van der Waals surface area contributed by atoms with Gasteiger partial charge in [-0.05, 0) is 104 Å². The summed E-state index contributed by atoms with van der Waals surface area (Å²) in [5, 5.41) is 13.9. The Labute approximate surface area is 438 Å². The molecular weight excluding hydrogens is 973 g/mol. The third-order valence-corrected chi connectivity index (χ3v) is 14.6. The van der Waals surface area contributed by atoms with Gasteiger partial charge in [0.05, 0.1) is 68.4 Å². The van der Waals surface area contributed by atoms with E-state index in [0.717, 1.165) is 28.9 Å². The summed E-state index contributed by atoms with van der Waals surface area (Å²) in [6, 6.07) is 27.4. The lowest BCUT2D eigenvalue weighted by Gasteiger charge is -2.26. The molecule has 4 aliphatic heterocycles. The number of amides is 6. The molecule has 1 saturated carbocycles. The Morgan fingerprint density at radius 3 is 1.86 bits per heavy atom. The number of fused-ring (bicyclic) bond motifs is 8. The number of nitrogens with one attached hydrogen (secondary N) is 5. The first-order valence-electron chi connectivity index (χ1n) is 25.4. The second kappa shape index (κ2) is 22.0. The summed E-state index contributed by atoms with van der Waals surface area (Å²) < 4.78 is 24.3. The molecular formula is C57H58N8O11. The second-order valence-corrected chi connectivity index (χ2v) is 19.6. The molecule has 392 valence electrons. The number of rotatable bonds is 17. The highest BCUT2D eigenvalue weighted by atomic mass is 16.5. The Morgan fingerprint density at radius 1 is 0.632 bits per heavy atom. The van der Waals surface area contributed by atoms with Crippen molar-refractivity contribution < 1.29 is 52.5 Å². The van der Waals surface area contributed by atoms with E-state index in [-0.39, 0.29) is 67.2 Å². The molecule has 5 N–H and O–H groups in total. The van der Waals surface area contributed by atoms with Crippen molar-refractivity contribution in [1.29, 1.82) is 0 Å². The molecule has 2 atom stereocenters. The minimum atomic E-state index is -0.629. The van der Waals surface area contributed by atoms with Crippen LogP contribution in [0.2, 0.25) is 0 Å². The maximum atomic E-state index is 14.1. The predicted molar refractivity (Wildman–Crippen MR) is 283 cm³/mol. The van der Waals surface area contributed by atoms with Crippen molar-refractivity contribution in [3.63, 3.8) is 0 Å². The van der Waals surface area contributed by atoms with Crippen LogP contribution in [0.25, 0.3) is 0 Å². The third-order valence-electron chi connectivity index (χ3n) is 14.6. The predicted octanol–water partition coefficient (Wildman–Crippen LogP) is 5.83. The highest BCUT2D eigenvalue weighted by Crippen LogP contribution is 2.43. The lowest BCUT2D eigenvalue weighted by atomic mass is 9.80. The quantitative estimate of drug-likeness (QED) is 0.0741. The van der Waals surface area contributed by atoms with Crippen LogP contribution in [0.15, 0.2) is 96.0 Å². The van der Waals surface area contributed by atoms with Gasteiger partial charge >= 0.3 is 0 Å². The van der Waals surface area contributed by atoms with Crippen molar-refractivity contribution in [3.05, 3.63) is 124 Å². The molecule has 0 saturated heterocycles. The zero-order valence-corrected chi connectivity index (χ0v) is 42.4. The van der Waals surface area contributed by atoms with E-state index in [1.807, 2.05) is 59.5 Å². The average molecular weight is 1030 g/mol. The number of benzene rings is 5. The van der Waals surface area contributed by atoms with Crippen LogP contribution in [-0.2, 0) is 50.0 Å². The van der Waals surface area contributed by atoms with Gasteiger partial charge in [0.15, 0.2) is 23.0 Å². The van der Waals surface area contributed by atoms with Gasteiger partial charge in [-0.25, -0.2) is 0 Å². The number of anilines is 4. The molecule has 76 heavy (non-hydrogen) atoms. The molecule has 5 aliphatic rings. The van der Waals surface area contributed by atoms with Crippen LogP contribution in [0.1, 0.15) is 75.6 Å². The topological polar surface area (TPSA) is 235 Å². The molecule has 19 nitrogen and oxygen atoms in total. The zero-order chi connectivity index (χ0) is 53.0. The van der Waals surface area contributed by atoms with Gasteiger partial charge < -0.3 is 50.4 Å². The number of carbonyl (C=O) groups excluding carboxylic acids is 7. The SMILES string of the molecule is COc1cc2c(cc1OCc1cc(COc3cc4c(cc3OC)C(=O)N3c5ccccc5C[C@H]3CN4)cc(NC(=O)CNC(=O)CNC(=O)CNC(=O)C3CCC(C(C)=O)CC3)c1)N=C[C@@H]1Cc3ccccc3N1C2=O. The number of methoxy groups -OCH3 is 2. The summed E-state index contributed by atoms with van der Waals surface area (Å²) in [4.78, 5) is 99.5. The number of carbonyl (C=O) groups is 7. The average Bonchev–Trinajstić information content (AvgIpc) is 3.96.